The van der Waals surface area contributed by atoms with Crippen LogP contribution in [0.25, 0.3) is 0 Å². The van der Waals surface area contributed by atoms with Crippen molar-refractivity contribution in [3.63, 3.8) is 0 Å². The Morgan fingerprint density at radius 1 is 1.03 bits per heavy atom. The van der Waals surface area contributed by atoms with Crippen LogP contribution in [-0.4, -0.2) is 68.0 Å². The van der Waals surface area contributed by atoms with Gasteiger partial charge in [0.15, 0.2) is 5.82 Å². The van der Waals surface area contributed by atoms with Crippen LogP contribution in [-0.2, 0) is 11.0 Å². The van der Waals surface area contributed by atoms with Gasteiger partial charge in [0.05, 0.1) is 24.2 Å². The molecule has 5 rings (SSSR count). The molecule has 0 spiro atoms. The molecule has 10 heteroatoms. The Labute approximate surface area is 211 Å². The van der Waals surface area contributed by atoms with Gasteiger partial charge in [-0.3, -0.25) is 0 Å². The lowest BCUT2D eigenvalue weighted by atomic mass is 10.1. The minimum atomic E-state index is -2.49. The summed E-state index contributed by atoms with van der Waals surface area (Å²) in [6.45, 7) is 8.28. The number of para-hydroxylation sites is 1. The molecule has 0 aliphatic carbocycles. The van der Waals surface area contributed by atoms with Gasteiger partial charge in [-0.1, -0.05) is 23.7 Å². The second kappa shape index (κ2) is 9.69. The molecule has 0 bridgehead atoms. The van der Waals surface area contributed by atoms with Crippen LogP contribution in [0.1, 0.15) is 5.56 Å². The van der Waals surface area contributed by atoms with Crippen molar-refractivity contribution < 1.29 is 9.30 Å². The van der Waals surface area contributed by atoms with Crippen LogP contribution in [0.5, 0.6) is 5.75 Å². The fourth-order valence-corrected chi connectivity index (χ4v) is 5.83. The molecule has 2 aliphatic heterocycles. The predicted octanol–water partition coefficient (Wildman–Crippen LogP) is 4.55. The van der Waals surface area contributed by atoms with E-state index >= 15 is 0 Å². The van der Waals surface area contributed by atoms with Crippen molar-refractivity contribution in [2.24, 2.45) is 0 Å². The molecule has 8 nitrogen and oxygen atoms in total. The lowest BCUT2D eigenvalue weighted by Gasteiger charge is -2.35. The number of ether oxygens (including phenoxy) is 1. The number of benzene rings is 2. The van der Waals surface area contributed by atoms with E-state index in [9.17, 15) is 4.57 Å². The molecular weight excluding hydrogens is 483 g/mol. The Bertz CT molecular complexity index is 1290. The summed E-state index contributed by atoms with van der Waals surface area (Å²) < 4.78 is 18.8. The van der Waals surface area contributed by atoms with Crippen molar-refractivity contribution in [2.75, 3.05) is 68.7 Å². The zero-order chi connectivity index (χ0) is 24.6. The van der Waals surface area contributed by atoms with Crippen molar-refractivity contribution in [2.45, 2.75) is 6.42 Å². The molecule has 1 fully saturated rings. The standard InChI is InChI=1S/C25H30ClN6O2P/c1-31-11-13-32(14-12-31)21-9-8-20(23-17(21)10-15-34-23)29-25-27-16-18(26)24(30-25)28-19-6-4-5-7-22(19)35(2,3)33/h4-9,16H,10-15H2,1-3H3,(H2,27,28,29,30). The number of rotatable bonds is 6. The SMILES string of the molecule is CN1CCN(c2ccc(Nc3ncc(Cl)c(Nc4ccccc4P(C)(C)=O)n3)c3c2CCO3)CC1. The second-order valence-electron chi connectivity index (χ2n) is 9.34. The number of fused-ring (bicyclic) bond motifs is 1. The summed E-state index contributed by atoms with van der Waals surface area (Å²) in [6, 6.07) is 11.7. The molecular formula is C25H30ClN6O2P. The Balaban J connectivity index is 1.41. The average molecular weight is 513 g/mol. The van der Waals surface area contributed by atoms with Crippen LogP contribution >= 0.6 is 18.7 Å². The highest BCUT2D eigenvalue weighted by molar-refractivity contribution is 7.70. The number of hydrogen-bond acceptors (Lipinski definition) is 8. The molecule has 0 atom stereocenters. The third-order valence-corrected chi connectivity index (χ3v) is 8.23. The quantitative estimate of drug-likeness (QED) is 0.465. The highest BCUT2D eigenvalue weighted by Gasteiger charge is 2.25. The van der Waals surface area contributed by atoms with Gasteiger partial charge < -0.3 is 29.7 Å². The highest BCUT2D eigenvalue weighted by atomic mass is 35.5. The van der Waals surface area contributed by atoms with Crippen LogP contribution in [0.15, 0.2) is 42.6 Å². The summed E-state index contributed by atoms with van der Waals surface area (Å²) >= 11 is 6.41. The first kappa shape index (κ1) is 23.9. The minimum absolute atomic E-state index is 0.374. The normalized spacial score (nSPS) is 16.1. The number of nitrogens with one attached hydrogen (secondary N) is 2. The predicted molar refractivity (Wildman–Crippen MR) is 144 cm³/mol. The van der Waals surface area contributed by atoms with Crippen LogP contribution in [0, 0.1) is 0 Å². The Hall–Kier alpha value is -2.80. The minimum Gasteiger partial charge on any atom is -0.491 e. The Kier molecular flexibility index (Phi) is 6.62. The maximum atomic E-state index is 12.7. The molecule has 2 aliphatic rings. The Morgan fingerprint density at radius 3 is 2.57 bits per heavy atom. The summed E-state index contributed by atoms with van der Waals surface area (Å²) in [5.74, 6) is 1.70. The van der Waals surface area contributed by atoms with E-state index < -0.39 is 7.14 Å². The van der Waals surface area contributed by atoms with E-state index in [4.69, 9.17) is 16.3 Å². The summed E-state index contributed by atoms with van der Waals surface area (Å²) in [4.78, 5) is 13.8. The number of anilines is 5. The smallest absolute Gasteiger partial charge is 0.229 e. The van der Waals surface area contributed by atoms with Crippen molar-refractivity contribution in [1.29, 1.82) is 0 Å². The molecule has 0 unspecified atom stereocenters. The monoisotopic (exact) mass is 512 g/mol. The number of likely N-dealkylation sites (N-methyl/N-ethyl adjacent to an activating group) is 1. The summed E-state index contributed by atoms with van der Waals surface area (Å²) in [6.07, 6.45) is 2.44. The first-order chi connectivity index (χ1) is 16.8. The largest absolute Gasteiger partial charge is 0.491 e. The molecule has 1 saturated heterocycles. The number of piperazine rings is 1. The molecule has 35 heavy (non-hydrogen) atoms. The summed E-state index contributed by atoms with van der Waals surface area (Å²) in [7, 11) is -0.330. The van der Waals surface area contributed by atoms with Gasteiger partial charge >= 0.3 is 0 Å². The van der Waals surface area contributed by atoms with Crippen LogP contribution in [0.2, 0.25) is 5.02 Å². The molecule has 1 aromatic heterocycles. The van der Waals surface area contributed by atoms with Gasteiger partial charge in [0.2, 0.25) is 5.95 Å². The van der Waals surface area contributed by atoms with Gasteiger partial charge in [-0.05, 0) is 44.6 Å². The molecule has 3 heterocycles. The molecule has 0 saturated carbocycles. The van der Waals surface area contributed by atoms with E-state index in [1.54, 1.807) is 19.5 Å². The zero-order valence-corrected chi connectivity index (χ0v) is 21.9. The molecule has 0 amide bonds. The van der Waals surface area contributed by atoms with E-state index in [0.29, 0.717) is 29.1 Å². The van der Waals surface area contributed by atoms with E-state index in [2.05, 4.69) is 43.5 Å². The Morgan fingerprint density at radius 2 is 1.80 bits per heavy atom. The van der Waals surface area contributed by atoms with Gasteiger partial charge in [0, 0.05) is 49.2 Å². The third kappa shape index (κ3) is 5.10. The first-order valence-electron chi connectivity index (χ1n) is 11.7. The fourth-order valence-electron chi connectivity index (χ4n) is 4.53. The number of halogens is 1. The summed E-state index contributed by atoms with van der Waals surface area (Å²) in [5.41, 5.74) is 4.02. The maximum absolute atomic E-state index is 12.7. The number of nitrogens with zero attached hydrogens (tertiary/aromatic N) is 4. The van der Waals surface area contributed by atoms with E-state index in [1.165, 1.54) is 11.3 Å². The van der Waals surface area contributed by atoms with E-state index in [1.807, 2.05) is 30.3 Å². The molecule has 2 aromatic carbocycles. The molecule has 0 radical (unpaired) electrons. The number of aromatic nitrogens is 2. The second-order valence-corrected chi connectivity index (χ2v) is 12.9. The average Bonchev–Trinajstić information content (AvgIpc) is 3.32. The van der Waals surface area contributed by atoms with E-state index in [-0.39, 0.29) is 0 Å². The van der Waals surface area contributed by atoms with Crippen LogP contribution < -0.4 is 25.6 Å². The fraction of sp³-hybridized carbons (Fsp3) is 0.360. The van der Waals surface area contributed by atoms with Crippen molar-refractivity contribution in [1.82, 2.24) is 14.9 Å². The maximum Gasteiger partial charge on any atom is 0.229 e. The first-order valence-corrected chi connectivity index (χ1v) is 14.7. The molecule has 3 aromatic rings. The van der Waals surface area contributed by atoms with Gasteiger partial charge in [0.1, 0.15) is 17.9 Å². The van der Waals surface area contributed by atoms with Gasteiger partial charge in [-0.25, -0.2) is 4.98 Å². The van der Waals surface area contributed by atoms with Crippen LogP contribution in [0.3, 0.4) is 0 Å². The highest BCUT2D eigenvalue weighted by Crippen LogP contribution is 2.42. The van der Waals surface area contributed by atoms with E-state index in [0.717, 1.165) is 49.3 Å². The van der Waals surface area contributed by atoms with Crippen molar-refractivity contribution in [3.05, 3.63) is 53.2 Å². The molecule has 2 N–H and O–H groups in total. The van der Waals surface area contributed by atoms with Gasteiger partial charge in [0.25, 0.3) is 0 Å². The molecule has 184 valence electrons. The topological polar surface area (TPSA) is 82.6 Å². The van der Waals surface area contributed by atoms with Gasteiger partial charge in [-0.15, -0.1) is 0 Å². The van der Waals surface area contributed by atoms with Crippen LogP contribution in [0.4, 0.5) is 28.8 Å². The third-order valence-electron chi connectivity index (χ3n) is 6.41. The number of hydrogen-bond donors (Lipinski definition) is 2. The van der Waals surface area contributed by atoms with Gasteiger partial charge in [-0.2, -0.15) is 4.98 Å². The lowest BCUT2D eigenvalue weighted by molar-refractivity contribution is 0.312. The summed E-state index contributed by atoms with van der Waals surface area (Å²) in [5, 5.41) is 7.68. The zero-order valence-electron chi connectivity index (χ0n) is 20.2. The van der Waals surface area contributed by atoms with Crippen molar-refractivity contribution >= 4 is 52.9 Å². The lowest BCUT2D eigenvalue weighted by Crippen LogP contribution is -2.44. The van der Waals surface area contributed by atoms with Crippen molar-refractivity contribution in [3.8, 4) is 5.75 Å².